The molecule has 0 unspecified atom stereocenters. The standard InChI is InChI=1S/C15H24N2O4/c1-15(2,3)21-14(19)17-9-12(13(18)10-17)16(4)8-11-6-5-7-20-11/h5-7,12-13,18H,8-10H2,1-4H3/t12-,13-/m1/s1. The van der Waals surface area contributed by atoms with Crippen LogP contribution < -0.4 is 0 Å². The Balaban J connectivity index is 1.92. The molecule has 0 bridgehead atoms. The number of hydrogen-bond donors (Lipinski definition) is 1. The van der Waals surface area contributed by atoms with Crippen LogP contribution in [-0.4, -0.2) is 58.9 Å². The number of aliphatic hydroxyl groups is 1. The van der Waals surface area contributed by atoms with Crippen molar-refractivity contribution in [3.05, 3.63) is 24.2 Å². The molecular weight excluding hydrogens is 272 g/mol. The van der Waals surface area contributed by atoms with Crippen LogP contribution in [0, 0.1) is 0 Å². The summed E-state index contributed by atoms with van der Waals surface area (Å²) >= 11 is 0. The van der Waals surface area contributed by atoms with E-state index in [0.29, 0.717) is 19.6 Å². The molecule has 1 N–H and O–H groups in total. The van der Waals surface area contributed by atoms with E-state index in [2.05, 4.69) is 0 Å². The lowest BCUT2D eigenvalue weighted by atomic mass is 10.2. The Bertz CT molecular complexity index is 467. The summed E-state index contributed by atoms with van der Waals surface area (Å²) in [5.74, 6) is 0.834. The molecule has 1 aliphatic rings. The van der Waals surface area contributed by atoms with Gasteiger partial charge < -0.3 is 19.2 Å². The lowest BCUT2D eigenvalue weighted by molar-refractivity contribution is 0.0269. The topological polar surface area (TPSA) is 66.2 Å². The Labute approximate surface area is 125 Å². The fraction of sp³-hybridized carbons (Fsp3) is 0.667. The highest BCUT2D eigenvalue weighted by molar-refractivity contribution is 5.68. The molecule has 6 nitrogen and oxygen atoms in total. The number of furan rings is 1. The first kappa shape index (κ1) is 15.9. The Morgan fingerprint density at radius 3 is 2.81 bits per heavy atom. The van der Waals surface area contributed by atoms with Crippen LogP contribution in [0.3, 0.4) is 0 Å². The molecule has 1 aromatic heterocycles. The molecule has 6 heteroatoms. The zero-order valence-electron chi connectivity index (χ0n) is 13.1. The minimum atomic E-state index is -0.586. The zero-order chi connectivity index (χ0) is 15.6. The molecule has 0 radical (unpaired) electrons. The predicted molar refractivity (Wildman–Crippen MR) is 77.8 cm³/mol. The molecular formula is C15H24N2O4. The summed E-state index contributed by atoms with van der Waals surface area (Å²) in [6.45, 7) is 6.83. The number of nitrogens with zero attached hydrogens (tertiary/aromatic N) is 2. The maximum Gasteiger partial charge on any atom is 0.410 e. The van der Waals surface area contributed by atoms with Crippen molar-refractivity contribution < 1.29 is 19.1 Å². The second-order valence-corrected chi connectivity index (χ2v) is 6.51. The van der Waals surface area contributed by atoms with Crippen LogP contribution in [0.5, 0.6) is 0 Å². The Morgan fingerprint density at radius 1 is 1.52 bits per heavy atom. The second-order valence-electron chi connectivity index (χ2n) is 6.51. The minimum absolute atomic E-state index is 0.123. The summed E-state index contributed by atoms with van der Waals surface area (Å²) in [5.41, 5.74) is -0.528. The van der Waals surface area contributed by atoms with Gasteiger partial charge in [0.25, 0.3) is 0 Å². The van der Waals surface area contributed by atoms with Crippen LogP contribution in [-0.2, 0) is 11.3 Å². The third-order valence-corrected chi connectivity index (χ3v) is 3.46. The smallest absolute Gasteiger partial charge is 0.410 e. The predicted octanol–water partition coefficient (Wildman–Crippen LogP) is 1.69. The van der Waals surface area contributed by atoms with E-state index < -0.39 is 11.7 Å². The van der Waals surface area contributed by atoms with Crippen LogP contribution in [0.15, 0.2) is 22.8 Å². The first-order chi connectivity index (χ1) is 9.76. The van der Waals surface area contributed by atoms with E-state index in [0.717, 1.165) is 5.76 Å². The minimum Gasteiger partial charge on any atom is -0.468 e. The summed E-state index contributed by atoms with van der Waals surface area (Å²) in [6.07, 6.45) is 0.661. The number of likely N-dealkylation sites (tertiary alicyclic amines) is 1. The number of rotatable bonds is 3. The zero-order valence-corrected chi connectivity index (χ0v) is 13.1. The van der Waals surface area contributed by atoms with Crippen molar-refractivity contribution in [2.24, 2.45) is 0 Å². The van der Waals surface area contributed by atoms with Gasteiger partial charge in [0, 0.05) is 6.54 Å². The van der Waals surface area contributed by atoms with E-state index in [9.17, 15) is 9.90 Å². The van der Waals surface area contributed by atoms with Crippen molar-refractivity contribution in [3.8, 4) is 0 Å². The first-order valence-corrected chi connectivity index (χ1v) is 7.15. The summed E-state index contributed by atoms with van der Waals surface area (Å²) in [7, 11) is 1.91. The molecule has 1 fully saturated rings. The maximum absolute atomic E-state index is 12.0. The van der Waals surface area contributed by atoms with Gasteiger partial charge >= 0.3 is 6.09 Å². The highest BCUT2D eigenvalue weighted by atomic mass is 16.6. The van der Waals surface area contributed by atoms with Gasteiger partial charge in [-0.05, 0) is 40.0 Å². The lowest BCUT2D eigenvalue weighted by Gasteiger charge is -2.26. The van der Waals surface area contributed by atoms with Crippen molar-refractivity contribution >= 4 is 6.09 Å². The third-order valence-electron chi connectivity index (χ3n) is 3.46. The molecule has 118 valence electrons. The molecule has 1 aromatic rings. The average molecular weight is 296 g/mol. The van der Waals surface area contributed by atoms with Gasteiger partial charge in [-0.15, -0.1) is 0 Å². The molecule has 2 atom stereocenters. The van der Waals surface area contributed by atoms with Gasteiger partial charge in [-0.3, -0.25) is 4.90 Å². The quantitative estimate of drug-likeness (QED) is 0.919. The number of carbonyl (C=O) groups is 1. The Morgan fingerprint density at radius 2 is 2.24 bits per heavy atom. The number of amides is 1. The van der Waals surface area contributed by atoms with E-state index in [1.165, 1.54) is 0 Å². The van der Waals surface area contributed by atoms with Crippen LogP contribution in [0.25, 0.3) is 0 Å². The second kappa shape index (κ2) is 6.07. The number of likely N-dealkylation sites (N-methyl/N-ethyl adjacent to an activating group) is 1. The number of hydrogen-bond acceptors (Lipinski definition) is 5. The molecule has 1 aliphatic heterocycles. The van der Waals surface area contributed by atoms with Crippen LogP contribution >= 0.6 is 0 Å². The highest BCUT2D eigenvalue weighted by Crippen LogP contribution is 2.20. The Kier molecular flexibility index (Phi) is 4.58. The SMILES string of the molecule is CN(Cc1ccco1)[C@@H]1CN(C(=O)OC(C)(C)C)C[C@H]1O. The fourth-order valence-corrected chi connectivity index (χ4v) is 2.44. The summed E-state index contributed by atoms with van der Waals surface area (Å²) < 4.78 is 10.7. The molecule has 0 saturated carbocycles. The van der Waals surface area contributed by atoms with Gasteiger partial charge in [0.05, 0.1) is 31.5 Å². The monoisotopic (exact) mass is 296 g/mol. The lowest BCUT2D eigenvalue weighted by Crippen LogP contribution is -2.41. The molecule has 1 saturated heterocycles. The highest BCUT2D eigenvalue weighted by Gasteiger charge is 2.38. The molecule has 0 spiro atoms. The molecule has 0 aromatic carbocycles. The van der Waals surface area contributed by atoms with E-state index >= 15 is 0 Å². The molecule has 2 heterocycles. The van der Waals surface area contributed by atoms with Gasteiger partial charge in [0.2, 0.25) is 0 Å². The largest absolute Gasteiger partial charge is 0.468 e. The Hall–Kier alpha value is -1.53. The normalized spacial score (nSPS) is 22.9. The molecule has 1 amide bonds. The van der Waals surface area contributed by atoms with Gasteiger partial charge in [-0.25, -0.2) is 4.79 Å². The van der Waals surface area contributed by atoms with Crippen molar-refractivity contribution in [1.29, 1.82) is 0 Å². The van der Waals surface area contributed by atoms with Crippen molar-refractivity contribution in [1.82, 2.24) is 9.80 Å². The fourth-order valence-electron chi connectivity index (χ4n) is 2.44. The summed E-state index contributed by atoms with van der Waals surface area (Å²) in [4.78, 5) is 15.6. The van der Waals surface area contributed by atoms with E-state index in [4.69, 9.17) is 9.15 Å². The van der Waals surface area contributed by atoms with Crippen molar-refractivity contribution in [2.75, 3.05) is 20.1 Å². The number of ether oxygens (including phenoxy) is 1. The van der Waals surface area contributed by atoms with Gasteiger partial charge in [0.1, 0.15) is 11.4 Å². The third kappa shape index (κ3) is 4.22. The molecule has 2 rings (SSSR count). The van der Waals surface area contributed by atoms with Gasteiger partial charge in [-0.1, -0.05) is 0 Å². The summed E-state index contributed by atoms with van der Waals surface area (Å²) in [6, 6.07) is 3.60. The van der Waals surface area contributed by atoms with E-state index in [1.807, 2.05) is 44.9 Å². The van der Waals surface area contributed by atoms with E-state index in [1.54, 1.807) is 11.2 Å². The number of aliphatic hydroxyl groups excluding tert-OH is 1. The van der Waals surface area contributed by atoms with Crippen LogP contribution in [0.4, 0.5) is 4.79 Å². The van der Waals surface area contributed by atoms with Crippen molar-refractivity contribution in [3.63, 3.8) is 0 Å². The molecule has 21 heavy (non-hydrogen) atoms. The maximum atomic E-state index is 12.0. The average Bonchev–Trinajstić information content (AvgIpc) is 2.96. The molecule has 0 aliphatic carbocycles. The van der Waals surface area contributed by atoms with Crippen LogP contribution in [0.2, 0.25) is 0 Å². The summed E-state index contributed by atoms with van der Waals surface area (Å²) in [5, 5.41) is 10.2. The van der Waals surface area contributed by atoms with E-state index in [-0.39, 0.29) is 12.1 Å². The van der Waals surface area contributed by atoms with Crippen LogP contribution in [0.1, 0.15) is 26.5 Å². The van der Waals surface area contributed by atoms with Gasteiger partial charge in [0.15, 0.2) is 0 Å². The first-order valence-electron chi connectivity index (χ1n) is 7.15. The number of carbonyl (C=O) groups excluding carboxylic acids is 1. The van der Waals surface area contributed by atoms with Crippen molar-refractivity contribution in [2.45, 2.75) is 45.1 Å². The number of β-amino-alcohol motifs (C(OH)–C–C–N with tert-alkyl or cyclic N) is 1. The van der Waals surface area contributed by atoms with Gasteiger partial charge in [-0.2, -0.15) is 0 Å².